The fourth-order valence-electron chi connectivity index (χ4n) is 2.66. The van der Waals surface area contributed by atoms with Gasteiger partial charge in [-0.05, 0) is 49.5 Å². The maximum Gasteiger partial charge on any atom is 0.237 e. The molecular weight excluding hydrogens is 321 g/mol. The summed E-state index contributed by atoms with van der Waals surface area (Å²) in [6, 6.07) is 7.40. The molecule has 1 aromatic carbocycles. The number of likely N-dealkylation sites (tertiary alicyclic amines) is 1. The van der Waals surface area contributed by atoms with E-state index in [0.29, 0.717) is 18.1 Å². The van der Waals surface area contributed by atoms with Crippen molar-refractivity contribution >= 4 is 29.9 Å². The molecule has 0 bridgehead atoms. The van der Waals surface area contributed by atoms with Crippen molar-refractivity contribution in [2.75, 3.05) is 19.6 Å². The van der Waals surface area contributed by atoms with Crippen molar-refractivity contribution in [3.63, 3.8) is 0 Å². The van der Waals surface area contributed by atoms with Gasteiger partial charge in [0.1, 0.15) is 0 Å². The van der Waals surface area contributed by atoms with E-state index in [1.807, 2.05) is 31.2 Å². The van der Waals surface area contributed by atoms with Crippen LogP contribution in [0.15, 0.2) is 24.3 Å². The third kappa shape index (κ3) is 4.85. The minimum absolute atomic E-state index is 0. The Labute approximate surface area is 143 Å². The van der Waals surface area contributed by atoms with E-state index >= 15 is 0 Å². The molecule has 2 atom stereocenters. The second kappa shape index (κ2) is 8.16. The number of benzene rings is 1. The Balaban J connectivity index is 0.00000242. The Bertz CT molecular complexity index is 495. The third-order valence-corrected chi connectivity index (χ3v) is 4.64. The van der Waals surface area contributed by atoms with E-state index in [9.17, 15) is 4.79 Å². The fraction of sp³-hybridized carbons (Fsp3) is 0.562. The first-order chi connectivity index (χ1) is 9.93. The summed E-state index contributed by atoms with van der Waals surface area (Å²) >= 11 is 5.85. The minimum Gasteiger partial charge on any atom is -0.351 e. The van der Waals surface area contributed by atoms with Crippen LogP contribution in [-0.2, 0) is 11.3 Å². The number of nitrogens with one attached hydrogen (secondary N) is 1. The molecular formula is C16H25Cl2N3O. The van der Waals surface area contributed by atoms with E-state index in [1.165, 1.54) is 0 Å². The maximum absolute atomic E-state index is 12.3. The number of nitrogens with zero attached hydrogens (tertiary/aromatic N) is 1. The molecule has 1 aromatic rings. The predicted molar refractivity (Wildman–Crippen MR) is 93.4 cm³/mol. The lowest BCUT2D eigenvalue weighted by molar-refractivity contribution is -0.125. The predicted octanol–water partition coefficient (Wildman–Crippen LogP) is 2.44. The normalized spacial score (nSPS) is 22.9. The van der Waals surface area contributed by atoms with Gasteiger partial charge in [0.25, 0.3) is 0 Å². The highest BCUT2D eigenvalue weighted by atomic mass is 35.5. The number of hydrogen-bond acceptors (Lipinski definition) is 3. The highest BCUT2D eigenvalue weighted by Crippen LogP contribution is 2.29. The molecule has 0 aromatic heterocycles. The van der Waals surface area contributed by atoms with Crippen molar-refractivity contribution < 1.29 is 4.79 Å². The Morgan fingerprint density at radius 3 is 2.64 bits per heavy atom. The highest BCUT2D eigenvalue weighted by Gasteiger charge is 2.36. The van der Waals surface area contributed by atoms with Gasteiger partial charge in [-0.25, -0.2) is 0 Å². The molecule has 1 fully saturated rings. The number of carbonyl (C=O) groups excluding carboxylic acids is 1. The van der Waals surface area contributed by atoms with Crippen LogP contribution in [0.5, 0.6) is 0 Å². The van der Waals surface area contributed by atoms with Crippen LogP contribution < -0.4 is 11.1 Å². The van der Waals surface area contributed by atoms with Crippen LogP contribution in [0.25, 0.3) is 0 Å². The third-order valence-electron chi connectivity index (χ3n) is 4.39. The summed E-state index contributed by atoms with van der Waals surface area (Å²) in [6.07, 6.45) is 1.05. The van der Waals surface area contributed by atoms with Crippen LogP contribution >= 0.6 is 24.0 Å². The minimum atomic E-state index is -0.120. The summed E-state index contributed by atoms with van der Waals surface area (Å²) in [5.74, 6) is 0.0613. The molecule has 6 heteroatoms. The van der Waals surface area contributed by atoms with Gasteiger partial charge in [-0.2, -0.15) is 0 Å². The fourth-order valence-corrected chi connectivity index (χ4v) is 2.79. The van der Waals surface area contributed by atoms with Gasteiger partial charge < -0.3 is 11.1 Å². The highest BCUT2D eigenvalue weighted by molar-refractivity contribution is 6.30. The van der Waals surface area contributed by atoms with Crippen molar-refractivity contribution in [2.45, 2.75) is 32.9 Å². The Kier molecular flexibility index (Phi) is 7.13. The second-order valence-electron chi connectivity index (χ2n) is 6.26. The molecule has 1 heterocycles. The maximum atomic E-state index is 12.3. The Morgan fingerprint density at radius 1 is 1.45 bits per heavy atom. The lowest BCUT2D eigenvalue weighted by Gasteiger charge is -2.26. The second-order valence-corrected chi connectivity index (χ2v) is 6.69. The smallest absolute Gasteiger partial charge is 0.237 e. The van der Waals surface area contributed by atoms with Crippen molar-refractivity contribution in [1.29, 1.82) is 0 Å². The monoisotopic (exact) mass is 345 g/mol. The summed E-state index contributed by atoms with van der Waals surface area (Å²) in [5.41, 5.74) is 7.01. The molecule has 3 N–H and O–H groups in total. The first-order valence-electron chi connectivity index (χ1n) is 7.40. The van der Waals surface area contributed by atoms with Crippen LogP contribution in [-0.4, -0.2) is 36.5 Å². The molecule has 1 saturated heterocycles. The molecule has 22 heavy (non-hydrogen) atoms. The van der Waals surface area contributed by atoms with Crippen molar-refractivity contribution in [3.8, 4) is 0 Å². The first-order valence-corrected chi connectivity index (χ1v) is 7.78. The average molecular weight is 346 g/mol. The average Bonchev–Trinajstić information content (AvgIpc) is 2.89. The summed E-state index contributed by atoms with van der Waals surface area (Å²) in [4.78, 5) is 14.5. The number of carbonyl (C=O) groups is 1. The molecule has 124 valence electrons. The van der Waals surface area contributed by atoms with Crippen LogP contribution in [0.2, 0.25) is 5.02 Å². The van der Waals surface area contributed by atoms with Gasteiger partial charge >= 0.3 is 0 Å². The SMILES string of the molecule is CC(C(=O)NCc1ccc(Cl)cc1)N1CCC(C)(CN)C1.Cl. The molecule has 1 amide bonds. The molecule has 2 rings (SSSR count). The first kappa shape index (κ1) is 19.2. The molecule has 0 aliphatic carbocycles. The Hall–Kier alpha value is -0.810. The van der Waals surface area contributed by atoms with Crippen molar-refractivity contribution in [1.82, 2.24) is 10.2 Å². The van der Waals surface area contributed by atoms with Gasteiger partial charge in [-0.1, -0.05) is 30.7 Å². The van der Waals surface area contributed by atoms with E-state index < -0.39 is 0 Å². The van der Waals surface area contributed by atoms with Gasteiger partial charge in [0.2, 0.25) is 5.91 Å². The molecule has 0 saturated carbocycles. The van der Waals surface area contributed by atoms with Crippen LogP contribution in [0.3, 0.4) is 0 Å². The molecule has 0 radical (unpaired) electrons. The molecule has 4 nitrogen and oxygen atoms in total. The number of hydrogen-bond donors (Lipinski definition) is 2. The zero-order valence-electron chi connectivity index (χ0n) is 13.1. The Morgan fingerprint density at radius 2 is 2.09 bits per heavy atom. The summed E-state index contributed by atoms with van der Waals surface area (Å²) in [5, 5.41) is 3.69. The summed E-state index contributed by atoms with van der Waals surface area (Å²) < 4.78 is 0. The van der Waals surface area contributed by atoms with E-state index in [1.54, 1.807) is 0 Å². The van der Waals surface area contributed by atoms with Gasteiger partial charge in [0.05, 0.1) is 6.04 Å². The lowest BCUT2D eigenvalue weighted by atomic mass is 9.90. The quantitative estimate of drug-likeness (QED) is 0.861. The van der Waals surface area contributed by atoms with Crippen LogP contribution in [0, 0.1) is 5.41 Å². The number of halogens is 2. The van der Waals surface area contributed by atoms with Crippen molar-refractivity contribution in [3.05, 3.63) is 34.9 Å². The van der Waals surface area contributed by atoms with Gasteiger partial charge in [-0.3, -0.25) is 9.69 Å². The summed E-state index contributed by atoms with van der Waals surface area (Å²) in [6.45, 7) is 7.16. The zero-order chi connectivity index (χ0) is 15.5. The van der Waals surface area contributed by atoms with Gasteiger partial charge in [-0.15, -0.1) is 12.4 Å². The number of nitrogens with two attached hydrogens (primary N) is 1. The standard InChI is InChI=1S/C16H24ClN3O.ClH/c1-12(20-8-7-16(2,10-18)11-20)15(21)19-9-13-3-5-14(17)6-4-13;/h3-6,12H,7-11,18H2,1-2H3,(H,19,21);1H. The van der Waals surface area contributed by atoms with Crippen molar-refractivity contribution in [2.24, 2.45) is 11.1 Å². The largest absolute Gasteiger partial charge is 0.351 e. The molecule has 0 spiro atoms. The zero-order valence-corrected chi connectivity index (χ0v) is 14.7. The topological polar surface area (TPSA) is 58.4 Å². The number of rotatable bonds is 5. The van der Waals surface area contributed by atoms with E-state index in [-0.39, 0.29) is 29.8 Å². The van der Waals surface area contributed by atoms with Gasteiger partial charge in [0.15, 0.2) is 0 Å². The van der Waals surface area contributed by atoms with E-state index in [4.69, 9.17) is 17.3 Å². The molecule has 1 aliphatic rings. The van der Waals surface area contributed by atoms with Crippen LogP contribution in [0.4, 0.5) is 0 Å². The van der Waals surface area contributed by atoms with Crippen LogP contribution in [0.1, 0.15) is 25.8 Å². The number of amides is 1. The summed E-state index contributed by atoms with van der Waals surface area (Å²) in [7, 11) is 0. The lowest BCUT2D eigenvalue weighted by Crippen LogP contribution is -2.45. The van der Waals surface area contributed by atoms with E-state index in [2.05, 4.69) is 17.1 Å². The molecule has 1 aliphatic heterocycles. The molecule has 2 unspecified atom stereocenters. The van der Waals surface area contributed by atoms with Gasteiger partial charge in [0, 0.05) is 18.1 Å². The van der Waals surface area contributed by atoms with E-state index in [0.717, 1.165) is 25.1 Å².